The predicted octanol–water partition coefficient (Wildman–Crippen LogP) is 0.701. The van der Waals surface area contributed by atoms with Gasteiger partial charge in [0.25, 0.3) is 0 Å². The average Bonchev–Trinajstić information content (AvgIpc) is 2.30. The van der Waals surface area contributed by atoms with E-state index in [0.29, 0.717) is 6.61 Å². The fourth-order valence-corrected chi connectivity index (χ4v) is 1.13. The van der Waals surface area contributed by atoms with Gasteiger partial charge in [0.15, 0.2) is 5.79 Å². The zero-order valence-corrected chi connectivity index (χ0v) is 7.62. The number of carbonyl (C=O) groups is 1. The second-order valence-electron chi connectivity index (χ2n) is 3.23. The van der Waals surface area contributed by atoms with E-state index in [2.05, 4.69) is 4.74 Å². The van der Waals surface area contributed by atoms with Crippen LogP contribution in [0.4, 0.5) is 0 Å². The quantitative estimate of drug-likeness (QED) is 0.578. The van der Waals surface area contributed by atoms with E-state index < -0.39 is 5.79 Å². The van der Waals surface area contributed by atoms with Crippen LogP contribution < -0.4 is 0 Å². The van der Waals surface area contributed by atoms with Gasteiger partial charge >= 0.3 is 5.97 Å². The van der Waals surface area contributed by atoms with Gasteiger partial charge in [-0.05, 0) is 13.8 Å². The number of carbonyl (C=O) groups excluding carboxylic acids is 1. The molecule has 12 heavy (non-hydrogen) atoms. The first-order chi connectivity index (χ1) is 5.53. The molecule has 0 aromatic heterocycles. The van der Waals surface area contributed by atoms with Gasteiger partial charge in [0, 0.05) is 0 Å². The Morgan fingerprint density at radius 1 is 1.67 bits per heavy atom. The maximum atomic E-state index is 10.8. The second-order valence-corrected chi connectivity index (χ2v) is 3.23. The molecule has 70 valence electrons. The Kier molecular flexibility index (Phi) is 2.69. The Hall–Kier alpha value is -0.610. The highest BCUT2D eigenvalue weighted by Gasteiger charge is 2.33. The summed E-state index contributed by atoms with van der Waals surface area (Å²) in [4.78, 5) is 10.8. The van der Waals surface area contributed by atoms with Crippen LogP contribution in [0.25, 0.3) is 0 Å². The van der Waals surface area contributed by atoms with Crippen LogP contribution in [0.3, 0.4) is 0 Å². The number of methoxy groups -OCH3 is 1. The van der Waals surface area contributed by atoms with Crippen molar-refractivity contribution in [1.82, 2.24) is 0 Å². The van der Waals surface area contributed by atoms with Crippen LogP contribution in [0.15, 0.2) is 0 Å². The van der Waals surface area contributed by atoms with Crippen LogP contribution in [0.1, 0.15) is 20.3 Å². The Balaban J connectivity index is 2.33. The van der Waals surface area contributed by atoms with E-state index in [9.17, 15) is 4.79 Å². The molecule has 1 rings (SSSR count). The van der Waals surface area contributed by atoms with Crippen LogP contribution in [-0.4, -0.2) is 31.6 Å². The fourth-order valence-electron chi connectivity index (χ4n) is 1.13. The van der Waals surface area contributed by atoms with E-state index in [0.717, 1.165) is 0 Å². The van der Waals surface area contributed by atoms with Crippen molar-refractivity contribution in [3.05, 3.63) is 0 Å². The minimum Gasteiger partial charge on any atom is -0.469 e. The first-order valence-electron chi connectivity index (χ1n) is 3.92. The van der Waals surface area contributed by atoms with Crippen LogP contribution in [0.2, 0.25) is 0 Å². The molecule has 1 fully saturated rings. The highest BCUT2D eigenvalue weighted by molar-refractivity contribution is 5.69. The van der Waals surface area contributed by atoms with Crippen molar-refractivity contribution >= 4 is 5.97 Å². The molecular weight excluding hydrogens is 160 g/mol. The summed E-state index contributed by atoms with van der Waals surface area (Å²) in [6, 6.07) is 0. The normalized spacial score (nSPS) is 27.1. The van der Waals surface area contributed by atoms with Gasteiger partial charge in [-0.15, -0.1) is 0 Å². The molecule has 1 unspecified atom stereocenters. The summed E-state index contributed by atoms with van der Waals surface area (Å²) in [6.45, 7) is 4.11. The third-order valence-electron chi connectivity index (χ3n) is 1.69. The van der Waals surface area contributed by atoms with Gasteiger partial charge in [-0.25, -0.2) is 0 Å². The van der Waals surface area contributed by atoms with Crippen molar-refractivity contribution in [2.45, 2.75) is 32.2 Å². The molecule has 0 aromatic rings. The third kappa shape index (κ3) is 2.46. The summed E-state index contributed by atoms with van der Waals surface area (Å²) in [5.74, 6) is -0.820. The SMILES string of the molecule is COC(=O)CC1COC(C)(C)O1. The Labute approximate surface area is 71.8 Å². The maximum Gasteiger partial charge on any atom is 0.308 e. The number of hydrogen-bond acceptors (Lipinski definition) is 4. The molecule has 1 aliphatic heterocycles. The van der Waals surface area contributed by atoms with Crippen LogP contribution in [0, 0.1) is 0 Å². The summed E-state index contributed by atoms with van der Waals surface area (Å²) in [5, 5.41) is 0. The van der Waals surface area contributed by atoms with Crippen molar-refractivity contribution in [3.8, 4) is 0 Å². The Morgan fingerprint density at radius 2 is 2.33 bits per heavy atom. The molecule has 0 amide bonds. The third-order valence-corrected chi connectivity index (χ3v) is 1.69. The summed E-state index contributed by atoms with van der Waals surface area (Å²) in [6.07, 6.45) is 0.104. The van der Waals surface area contributed by atoms with Gasteiger partial charge in [-0.2, -0.15) is 0 Å². The van der Waals surface area contributed by atoms with Gasteiger partial charge in [-0.1, -0.05) is 0 Å². The van der Waals surface area contributed by atoms with Crippen LogP contribution >= 0.6 is 0 Å². The number of hydrogen-bond donors (Lipinski definition) is 0. The summed E-state index contributed by atoms with van der Waals surface area (Å²) in [7, 11) is 1.36. The molecule has 0 bridgehead atoms. The molecule has 1 saturated heterocycles. The lowest BCUT2D eigenvalue weighted by molar-refractivity contribution is -0.152. The number of esters is 1. The van der Waals surface area contributed by atoms with Gasteiger partial charge in [0.05, 0.1) is 26.2 Å². The van der Waals surface area contributed by atoms with Crippen molar-refractivity contribution in [2.24, 2.45) is 0 Å². The smallest absolute Gasteiger partial charge is 0.308 e. The van der Waals surface area contributed by atoms with E-state index in [1.165, 1.54) is 7.11 Å². The lowest BCUT2D eigenvalue weighted by Crippen LogP contribution is -2.23. The maximum absolute atomic E-state index is 10.8. The largest absolute Gasteiger partial charge is 0.469 e. The van der Waals surface area contributed by atoms with E-state index in [4.69, 9.17) is 9.47 Å². The molecule has 4 nitrogen and oxygen atoms in total. The Morgan fingerprint density at radius 3 is 2.75 bits per heavy atom. The predicted molar refractivity (Wildman–Crippen MR) is 41.5 cm³/mol. The molecule has 4 heteroatoms. The molecule has 1 atom stereocenters. The molecule has 0 radical (unpaired) electrons. The van der Waals surface area contributed by atoms with Gasteiger partial charge in [0.2, 0.25) is 0 Å². The van der Waals surface area contributed by atoms with E-state index in [-0.39, 0.29) is 18.5 Å². The van der Waals surface area contributed by atoms with Crippen molar-refractivity contribution in [3.63, 3.8) is 0 Å². The zero-order chi connectivity index (χ0) is 9.19. The first kappa shape index (κ1) is 9.48. The van der Waals surface area contributed by atoms with Gasteiger partial charge < -0.3 is 14.2 Å². The zero-order valence-electron chi connectivity index (χ0n) is 7.62. The van der Waals surface area contributed by atoms with Gasteiger partial charge in [-0.3, -0.25) is 4.79 Å². The fraction of sp³-hybridized carbons (Fsp3) is 0.875. The summed E-state index contributed by atoms with van der Waals surface area (Å²) < 4.78 is 15.2. The van der Waals surface area contributed by atoms with Crippen LogP contribution in [-0.2, 0) is 19.0 Å². The minimum atomic E-state index is -0.557. The molecule has 0 spiro atoms. The minimum absolute atomic E-state index is 0.160. The van der Waals surface area contributed by atoms with Crippen molar-refractivity contribution in [2.75, 3.05) is 13.7 Å². The van der Waals surface area contributed by atoms with Crippen molar-refractivity contribution < 1.29 is 19.0 Å². The summed E-state index contributed by atoms with van der Waals surface area (Å²) in [5.41, 5.74) is 0. The standard InChI is InChI=1S/C8H14O4/c1-8(2)11-5-6(12-8)4-7(9)10-3/h6H,4-5H2,1-3H3. The topological polar surface area (TPSA) is 44.8 Å². The van der Waals surface area contributed by atoms with E-state index >= 15 is 0 Å². The van der Waals surface area contributed by atoms with Crippen LogP contribution in [0.5, 0.6) is 0 Å². The average molecular weight is 174 g/mol. The Bertz CT molecular complexity index is 176. The second kappa shape index (κ2) is 3.41. The highest BCUT2D eigenvalue weighted by Crippen LogP contribution is 2.23. The molecule has 0 aromatic carbocycles. The molecule has 0 N–H and O–H groups in total. The van der Waals surface area contributed by atoms with E-state index in [1.807, 2.05) is 13.8 Å². The number of ether oxygens (including phenoxy) is 3. The number of rotatable bonds is 2. The van der Waals surface area contributed by atoms with Crippen molar-refractivity contribution in [1.29, 1.82) is 0 Å². The molecule has 1 heterocycles. The highest BCUT2D eigenvalue weighted by atomic mass is 16.7. The summed E-state index contributed by atoms with van der Waals surface area (Å²) >= 11 is 0. The lowest BCUT2D eigenvalue weighted by atomic mass is 10.3. The lowest BCUT2D eigenvalue weighted by Gasteiger charge is -2.16. The molecule has 0 saturated carbocycles. The molecule has 0 aliphatic carbocycles. The molecule has 1 aliphatic rings. The first-order valence-corrected chi connectivity index (χ1v) is 3.92. The van der Waals surface area contributed by atoms with E-state index in [1.54, 1.807) is 0 Å². The molecular formula is C8H14O4. The monoisotopic (exact) mass is 174 g/mol. The van der Waals surface area contributed by atoms with Gasteiger partial charge in [0.1, 0.15) is 0 Å².